The molecule has 24 heavy (non-hydrogen) atoms. The van der Waals surface area contributed by atoms with Gasteiger partial charge in [0, 0.05) is 19.5 Å². The Bertz CT molecular complexity index is 284. The van der Waals surface area contributed by atoms with Gasteiger partial charge in [-0.2, -0.15) is 0 Å². The predicted octanol–water partition coefficient (Wildman–Crippen LogP) is 4.57. The lowest BCUT2D eigenvalue weighted by Crippen LogP contribution is -2.38. The van der Waals surface area contributed by atoms with Crippen LogP contribution in [0.15, 0.2) is 0 Å². The quantitative estimate of drug-likeness (QED) is 0.286. The molecule has 0 aliphatic rings. The van der Waals surface area contributed by atoms with Crippen molar-refractivity contribution in [2.24, 2.45) is 0 Å². The average Bonchev–Trinajstić information content (AvgIpc) is 2.60. The summed E-state index contributed by atoms with van der Waals surface area (Å²) in [5.74, 6) is 0.256. The van der Waals surface area contributed by atoms with E-state index in [0.717, 1.165) is 19.4 Å². The summed E-state index contributed by atoms with van der Waals surface area (Å²) in [6.45, 7) is 6.37. The van der Waals surface area contributed by atoms with Crippen LogP contribution in [0.5, 0.6) is 0 Å². The molecule has 0 N–H and O–H groups in total. The van der Waals surface area contributed by atoms with Crippen molar-refractivity contribution in [3.05, 3.63) is 0 Å². The Morgan fingerprint density at radius 3 is 1.75 bits per heavy atom. The minimum Gasteiger partial charge on any atom is -0.341 e. The SMILES string of the molecule is CCCCCCCCCCCC(=O)N(CCC)CCN(OC)OC. The summed E-state index contributed by atoms with van der Waals surface area (Å²) >= 11 is 0. The highest BCUT2D eigenvalue weighted by atomic mass is 16.9. The van der Waals surface area contributed by atoms with Crippen LogP contribution in [-0.4, -0.2) is 49.9 Å². The summed E-state index contributed by atoms with van der Waals surface area (Å²) in [7, 11) is 3.13. The van der Waals surface area contributed by atoms with E-state index in [-0.39, 0.29) is 5.91 Å². The predicted molar refractivity (Wildman–Crippen MR) is 99.4 cm³/mol. The number of carbonyl (C=O) groups is 1. The van der Waals surface area contributed by atoms with Crippen LogP contribution in [0.2, 0.25) is 0 Å². The van der Waals surface area contributed by atoms with Gasteiger partial charge in [-0.15, -0.1) is 0 Å². The van der Waals surface area contributed by atoms with Crippen LogP contribution in [0.4, 0.5) is 0 Å². The highest BCUT2D eigenvalue weighted by Gasteiger charge is 2.14. The van der Waals surface area contributed by atoms with Gasteiger partial charge in [0.25, 0.3) is 0 Å². The average molecular weight is 345 g/mol. The number of nitrogens with zero attached hydrogens (tertiary/aromatic N) is 2. The molecular weight excluding hydrogens is 304 g/mol. The summed E-state index contributed by atoms with van der Waals surface area (Å²) in [4.78, 5) is 24.4. The van der Waals surface area contributed by atoms with Gasteiger partial charge >= 0.3 is 0 Å². The third-order valence-electron chi connectivity index (χ3n) is 4.30. The highest BCUT2D eigenvalue weighted by Crippen LogP contribution is 2.11. The first-order valence-corrected chi connectivity index (χ1v) is 9.83. The molecule has 5 heteroatoms. The van der Waals surface area contributed by atoms with Crippen molar-refractivity contribution in [1.82, 2.24) is 10.1 Å². The van der Waals surface area contributed by atoms with Crippen LogP contribution in [-0.2, 0) is 14.5 Å². The lowest BCUT2D eigenvalue weighted by molar-refractivity contribution is -0.342. The van der Waals surface area contributed by atoms with Crippen LogP contribution < -0.4 is 0 Å². The monoisotopic (exact) mass is 344 g/mol. The maximum Gasteiger partial charge on any atom is 0.222 e. The molecule has 5 nitrogen and oxygen atoms in total. The van der Waals surface area contributed by atoms with Crippen LogP contribution in [0.3, 0.4) is 0 Å². The molecule has 0 saturated carbocycles. The topological polar surface area (TPSA) is 42.0 Å². The number of hydrogen-bond donors (Lipinski definition) is 0. The number of carbonyl (C=O) groups excluding carboxylic acids is 1. The van der Waals surface area contributed by atoms with Gasteiger partial charge in [0.05, 0.1) is 20.8 Å². The van der Waals surface area contributed by atoms with E-state index in [1.54, 1.807) is 14.2 Å². The van der Waals surface area contributed by atoms with E-state index in [1.165, 1.54) is 56.6 Å². The van der Waals surface area contributed by atoms with E-state index < -0.39 is 0 Å². The summed E-state index contributed by atoms with van der Waals surface area (Å²) in [6, 6.07) is 0. The molecule has 0 bridgehead atoms. The van der Waals surface area contributed by atoms with Gasteiger partial charge in [0.15, 0.2) is 0 Å². The van der Waals surface area contributed by atoms with Gasteiger partial charge in [-0.05, 0) is 12.8 Å². The molecule has 0 unspecified atom stereocenters. The summed E-state index contributed by atoms with van der Waals surface area (Å²) in [5, 5.41) is 1.40. The fourth-order valence-electron chi connectivity index (χ4n) is 2.84. The third kappa shape index (κ3) is 12.7. The van der Waals surface area contributed by atoms with E-state index in [9.17, 15) is 4.79 Å². The Morgan fingerprint density at radius 1 is 0.708 bits per heavy atom. The van der Waals surface area contributed by atoms with Gasteiger partial charge in [-0.3, -0.25) is 14.5 Å². The van der Waals surface area contributed by atoms with Crippen LogP contribution in [0, 0.1) is 0 Å². The van der Waals surface area contributed by atoms with E-state index in [2.05, 4.69) is 13.8 Å². The molecule has 0 aromatic rings. The van der Waals surface area contributed by atoms with Gasteiger partial charge in [0.2, 0.25) is 5.91 Å². The number of hydroxylamine groups is 2. The molecule has 0 atom stereocenters. The molecule has 0 radical (unpaired) electrons. The van der Waals surface area contributed by atoms with E-state index in [0.29, 0.717) is 19.5 Å². The molecule has 0 aliphatic carbocycles. The molecule has 0 saturated heterocycles. The van der Waals surface area contributed by atoms with Crippen molar-refractivity contribution in [2.75, 3.05) is 33.9 Å². The molecule has 0 fully saturated rings. The highest BCUT2D eigenvalue weighted by molar-refractivity contribution is 5.76. The van der Waals surface area contributed by atoms with Crippen molar-refractivity contribution in [2.45, 2.75) is 84.5 Å². The smallest absolute Gasteiger partial charge is 0.222 e. The lowest BCUT2D eigenvalue weighted by atomic mass is 10.1. The Kier molecular flexibility index (Phi) is 16.7. The molecule has 0 aromatic heterocycles. The summed E-state index contributed by atoms with van der Waals surface area (Å²) in [6.07, 6.45) is 13.1. The Labute approximate surface area is 149 Å². The number of rotatable bonds is 17. The zero-order chi connectivity index (χ0) is 18.0. The Hall–Kier alpha value is -0.650. The van der Waals surface area contributed by atoms with Crippen molar-refractivity contribution < 1.29 is 14.5 Å². The first-order chi connectivity index (χ1) is 11.7. The van der Waals surface area contributed by atoms with Gasteiger partial charge < -0.3 is 4.90 Å². The lowest BCUT2D eigenvalue weighted by Gasteiger charge is -2.25. The third-order valence-corrected chi connectivity index (χ3v) is 4.30. The molecule has 0 spiro atoms. The van der Waals surface area contributed by atoms with E-state index >= 15 is 0 Å². The van der Waals surface area contributed by atoms with Crippen molar-refractivity contribution in [3.63, 3.8) is 0 Å². The van der Waals surface area contributed by atoms with Crippen molar-refractivity contribution >= 4 is 5.91 Å². The Balaban J connectivity index is 3.78. The van der Waals surface area contributed by atoms with Crippen LogP contribution in [0.25, 0.3) is 0 Å². The fraction of sp³-hybridized carbons (Fsp3) is 0.947. The minimum atomic E-state index is 0.256. The van der Waals surface area contributed by atoms with Crippen LogP contribution >= 0.6 is 0 Å². The zero-order valence-electron chi connectivity index (χ0n) is 16.5. The molecular formula is C19H40N2O3. The van der Waals surface area contributed by atoms with Gasteiger partial charge in [0.1, 0.15) is 0 Å². The van der Waals surface area contributed by atoms with Gasteiger partial charge in [-0.1, -0.05) is 70.4 Å². The Morgan fingerprint density at radius 2 is 1.25 bits per heavy atom. The fourth-order valence-corrected chi connectivity index (χ4v) is 2.84. The normalized spacial score (nSPS) is 11.2. The first-order valence-electron chi connectivity index (χ1n) is 9.83. The molecule has 0 aliphatic heterocycles. The molecule has 0 aromatic carbocycles. The van der Waals surface area contributed by atoms with Gasteiger partial charge in [-0.25, -0.2) is 0 Å². The van der Waals surface area contributed by atoms with E-state index in [4.69, 9.17) is 9.68 Å². The van der Waals surface area contributed by atoms with Crippen molar-refractivity contribution in [3.8, 4) is 0 Å². The summed E-state index contributed by atoms with van der Waals surface area (Å²) in [5.41, 5.74) is 0. The first kappa shape index (κ1) is 23.4. The molecule has 0 rings (SSSR count). The maximum absolute atomic E-state index is 12.4. The molecule has 144 valence electrons. The van der Waals surface area contributed by atoms with Crippen molar-refractivity contribution in [1.29, 1.82) is 0 Å². The standard InChI is InChI=1S/C19H40N2O3/c1-5-7-8-9-10-11-12-13-14-15-19(22)20(16-6-2)17-18-21(23-3)24-4/h5-18H2,1-4H3. The number of hydrogen-bond acceptors (Lipinski definition) is 4. The number of unbranched alkanes of at least 4 members (excludes halogenated alkanes) is 8. The van der Waals surface area contributed by atoms with E-state index in [1.807, 2.05) is 4.90 Å². The number of amides is 1. The second kappa shape index (κ2) is 17.2. The second-order valence-corrected chi connectivity index (χ2v) is 6.38. The maximum atomic E-state index is 12.4. The zero-order valence-corrected chi connectivity index (χ0v) is 16.5. The largest absolute Gasteiger partial charge is 0.341 e. The molecule has 0 heterocycles. The minimum absolute atomic E-state index is 0.256. The van der Waals surface area contributed by atoms with Crippen LogP contribution in [0.1, 0.15) is 84.5 Å². The second-order valence-electron chi connectivity index (χ2n) is 6.38. The molecule has 1 amide bonds. The summed E-state index contributed by atoms with van der Waals surface area (Å²) < 4.78 is 0.